The van der Waals surface area contributed by atoms with Gasteiger partial charge in [0, 0.05) is 17.9 Å². The monoisotopic (exact) mass is 314 g/mol. The van der Waals surface area contributed by atoms with Gasteiger partial charge in [0.1, 0.15) is 12.4 Å². The van der Waals surface area contributed by atoms with Gasteiger partial charge in [-0.2, -0.15) is 0 Å². The van der Waals surface area contributed by atoms with Gasteiger partial charge in [0.25, 0.3) is 0 Å². The lowest BCUT2D eigenvalue weighted by Crippen LogP contribution is -2.17. The minimum atomic E-state index is -0.296. The van der Waals surface area contributed by atoms with E-state index in [0.717, 1.165) is 44.0 Å². The Kier molecular flexibility index (Phi) is 6.14. The van der Waals surface area contributed by atoms with Crippen LogP contribution in [0, 0.1) is 5.92 Å². The smallest absolute Gasteiger partial charge is 0.334 e. The number of carbonyl (C=O) groups excluding carboxylic acids is 2. The average molecular weight is 314 g/mol. The first kappa shape index (κ1) is 17.5. The Balaban J connectivity index is 2.23. The van der Waals surface area contributed by atoms with Gasteiger partial charge in [-0.05, 0) is 51.5 Å². The fraction of sp³-hybridized carbons (Fsp3) is 0.500. The summed E-state index contributed by atoms with van der Waals surface area (Å²) in [5, 5.41) is 0. The normalized spacial score (nSPS) is 27.1. The summed E-state index contributed by atoms with van der Waals surface area (Å²) in [4.78, 5) is 23.1. The summed E-state index contributed by atoms with van der Waals surface area (Å²) in [6.07, 6.45) is 12.2. The lowest BCUT2D eigenvalue weighted by molar-refractivity contribution is -0.139. The summed E-state index contributed by atoms with van der Waals surface area (Å²) in [6.45, 7) is 8.11. The first-order chi connectivity index (χ1) is 11.0. The number of carbonyl (C=O) groups is 2. The average Bonchev–Trinajstić information content (AvgIpc) is 2.76. The number of esters is 1. The van der Waals surface area contributed by atoms with Crippen molar-refractivity contribution in [3.05, 3.63) is 47.1 Å². The maximum atomic E-state index is 11.8. The third kappa shape index (κ3) is 4.78. The number of allylic oxidation sites excluding steroid dienone is 5. The van der Waals surface area contributed by atoms with E-state index in [1.54, 1.807) is 0 Å². The van der Waals surface area contributed by atoms with Gasteiger partial charge in [0.15, 0.2) is 0 Å². The third-order valence-corrected chi connectivity index (χ3v) is 4.68. The van der Waals surface area contributed by atoms with Crippen LogP contribution in [0.25, 0.3) is 0 Å². The summed E-state index contributed by atoms with van der Waals surface area (Å²) in [6, 6.07) is 0. The molecule has 0 amide bonds. The van der Waals surface area contributed by atoms with Gasteiger partial charge < -0.3 is 4.74 Å². The van der Waals surface area contributed by atoms with E-state index in [2.05, 4.69) is 32.6 Å². The minimum absolute atomic E-state index is 0.0268. The van der Waals surface area contributed by atoms with Crippen molar-refractivity contribution in [3.8, 4) is 0 Å². The molecule has 1 heterocycles. The topological polar surface area (TPSA) is 43.4 Å². The molecule has 1 saturated heterocycles. The standard InChI is InChI=1S/C20H26O3/c1-14-6-4-8-15(2)12-19-18(16(3)20(22)23-19)11-10-17(13-21)9-5-7-14/h7-8,10,13,18-19H,3-6,9,11-12H2,1-2H3. The highest BCUT2D eigenvalue weighted by molar-refractivity contribution is 5.90. The van der Waals surface area contributed by atoms with Crippen LogP contribution in [0.3, 0.4) is 0 Å². The second-order valence-electron chi connectivity index (χ2n) is 6.59. The van der Waals surface area contributed by atoms with Gasteiger partial charge >= 0.3 is 5.97 Å². The highest BCUT2D eigenvalue weighted by Gasteiger charge is 2.37. The van der Waals surface area contributed by atoms with Crippen LogP contribution in [0.4, 0.5) is 0 Å². The van der Waals surface area contributed by atoms with E-state index < -0.39 is 0 Å². The van der Waals surface area contributed by atoms with Crippen LogP contribution in [-0.2, 0) is 14.3 Å². The lowest BCUT2D eigenvalue weighted by atomic mass is 9.88. The fourth-order valence-corrected chi connectivity index (χ4v) is 3.17. The van der Waals surface area contributed by atoms with Crippen molar-refractivity contribution in [1.82, 2.24) is 0 Å². The van der Waals surface area contributed by atoms with Gasteiger partial charge in [0.05, 0.1) is 0 Å². The van der Waals surface area contributed by atoms with Crippen molar-refractivity contribution in [2.45, 2.75) is 58.5 Å². The molecule has 0 N–H and O–H groups in total. The second kappa shape index (κ2) is 8.09. The fourth-order valence-electron chi connectivity index (χ4n) is 3.17. The molecule has 0 radical (unpaired) electrons. The molecule has 1 aliphatic heterocycles. The zero-order chi connectivity index (χ0) is 16.8. The molecule has 2 aliphatic rings. The van der Waals surface area contributed by atoms with Gasteiger partial charge in [-0.1, -0.05) is 36.0 Å². The van der Waals surface area contributed by atoms with Gasteiger partial charge in [-0.3, -0.25) is 4.79 Å². The first-order valence-electron chi connectivity index (χ1n) is 8.36. The maximum Gasteiger partial charge on any atom is 0.334 e. The van der Waals surface area contributed by atoms with Crippen LogP contribution < -0.4 is 0 Å². The quantitative estimate of drug-likeness (QED) is 0.311. The van der Waals surface area contributed by atoms with Crippen LogP contribution in [0.15, 0.2) is 47.1 Å². The molecule has 0 aromatic carbocycles. The van der Waals surface area contributed by atoms with E-state index in [4.69, 9.17) is 4.74 Å². The van der Waals surface area contributed by atoms with Gasteiger partial charge in [-0.15, -0.1) is 0 Å². The summed E-state index contributed by atoms with van der Waals surface area (Å²) >= 11 is 0. The Morgan fingerprint density at radius 2 is 1.83 bits per heavy atom. The molecule has 0 spiro atoms. The number of rotatable bonds is 1. The molecule has 0 aromatic rings. The Morgan fingerprint density at radius 1 is 1.13 bits per heavy atom. The van der Waals surface area contributed by atoms with Gasteiger partial charge in [0.2, 0.25) is 0 Å². The molecular formula is C20H26O3. The maximum absolute atomic E-state index is 11.8. The predicted molar refractivity (Wildman–Crippen MR) is 91.9 cm³/mol. The lowest BCUT2D eigenvalue weighted by Gasteiger charge is -2.17. The van der Waals surface area contributed by atoms with E-state index in [-0.39, 0.29) is 18.0 Å². The molecule has 1 aliphatic carbocycles. The van der Waals surface area contributed by atoms with Crippen LogP contribution in [0.5, 0.6) is 0 Å². The summed E-state index contributed by atoms with van der Waals surface area (Å²) < 4.78 is 5.49. The predicted octanol–water partition coefficient (Wildman–Crippen LogP) is 4.46. The molecule has 3 heteroatoms. The second-order valence-corrected chi connectivity index (χ2v) is 6.59. The van der Waals surface area contributed by atoms with Crippen LogP contribution >= 0.6 is 0 Å². The first-order valence-corrected chi connectivity index (χ1v) is 8.36. The number of ether oxygens (including phenoxy) is 1. The van der Waals surface area contributed by atoms with Crippen LogP contribution in [0.1, 0.15) is 52.4 Å². The largest absolute Gasteiger partial charge is 0.458 e. The summed E-state index contributed by atoms with van der Waals surface area (Å²) in [5.41, 5.74) is 3.93. The Labute approximate surface area is 138 Å². The van der Waals surface area contributed by atoms with E-state index >= 15 is 0 Å². The van der Waals surface area contributed by atoms with Gasteiger partial charge in [-0.25, -0.2) is 4.79 Å². The number of hydrogen-bond acceptors (Lipinski definition) is 3. The van der Waals surface area contributed by atoms with E-state index in [1.165, 1.54) is 11.1 Å². The summed E-state index contributed by atoms with van der Waals surface area (Å²) in [5.74, 6) is -0.323. The Bertz CT molecular complexity index is 578. The highest BCUT2D eigenvalue weighted by atomic mass is 16.6. The molecular weight excluding hydrogens is 288 g/mol. The minimum Gasteiger partial charge on any atom is -0.458 e. The molecule has 0 saturated carbocycles. The SMILES string of the molecule is C=C1C(=O)OC2CC(C)=CCCC(C)=CCCC(C=O)=CCC12. The number of fused-ring (bicyclic) bond motifs is 1. The van der Waals surface area contributed by atoms with Crippen molar-refractivity contribution in [2.24, 2.45) is 5.92 Å². The van der Waals surface area contributed by atoms with Crippen LogP contribution in [0.2, 0.25) is 0 Å². The molecule has 0 bridgehead atoms. The molecule has 3 nitrogen and oxygen atoms in total. The summed E-state index contributed by atoms with van der Waals surface area (Å²) in [7, 11) is 0. The van der Waals surface area contributed by atoms with Crippen molar-refractivity contribution < 1.29 is 14.3 Å². The van der Waals surface area contributed by atoms with Crippen molar-refractivity contribution >= 4 is 12.3 Å². The molecule has 2 rings (SSSR count). The van der Waals surface area contributed by atoms with E-state index in [9.17, 15) is 9.59 Å². The highest BCUT2D eigenvalue weighted by Crippen LogP contribution is 2.34. The van der Waals surface area contributed by atoms with E-state index in [0.29, 0.717) is 12.0 Å². The molecule has 2 atom stereocenters. The molecule has 23 heavy (non-hydrogen) atoms. The van der Waals surface area contributed by atoms with Crippen molar-refractivity contribution in [3.63, 3.8) is 0 Å². The number of hydrogen-bond donors (Lipinski definition) is 0. The Hall–Kier alpha value is -1.90. The van der Waals surface area contributed by atoms with Crippen molar-refractivity contribution in [1.29, 1.82) is 0 Å². The van der Waals surface area contributed by atoms with Crippen molar-refractivity contribution in [2.75, 3.05) is 0 Å². The number of aldehydes is 1. The van der Waals surface area contributed by atoms with Crippen LogP contribution in [-0.4, -0.2) is 18.4 Å². The zero-order valence-electron chi connectivity index (χ0n) is 14.1. The molecule has 0 aromatic heterocycles. The third-order valence-electron chi connectivity index (χ3n) is 4.68. The molecule has 1 fully saturated rings. The zero-order valence-corrected chi connectivity index (χ0v) is 14.1. The molecule has 124 valence electrons. The molecule has 2 unspecified atom stereocenters. The Morgan fingerprint density at radius 3 is 2.57 bits per heavy atom. The van der Waals surface area contributed by atoms with E-state index in [1.807, 2.05) is 6.08 Å².